The van der Waals surface area contributed by atoms with Crippen LogP contribution in [0, 0.1) is 0 Å². The molecule has 0 saturated carbocycles. The number of benzene rings is 1. The maximum atomic E-state index is 8.56. The third-order valence-corrected chi connectivity index (χ3v) is 3.27. The Labute approximate surface area is 115 Å². The minimum Gasteiger partial charge on any atom is -0.409 e. The molecule has 1 aromatic carbocycles. The van der Waals surface area contributed by atoms with E-state index in [0.29, 0.717) is 18.3 Å². The van der Waals surface area contributed by atoms with Gasteiger partial charge in [0.15, 0.2) is 0 Å². The van der Waals surface area contributed by atoms with Crippen molar-refractivity contribution in [2.24, 2.45) is 10.9 Å². The molecular weight excluding hydrogens is 238 g/mol. The molecule has 0 unspecified atom stereocenters. The molecule has 0 radical (unpaired) electrons. The maximum Gasteiger partial charge on any atom is 0.140 e. The molecule has 0 aromatic heterocycles. The molecule has 1 aromatic rings. The lowest BCUT2D eigenvalue weighted by Crippen LogP contribution is -2.35. The van der Waals surface area contributed by atoms with Crippen LogP contribution in [0.3, 0.4) is 0 Å². The first kappa shape index (κ1) is 15.5. The predicted molar refractivity (Wildman–Crippen MR) is 79.5 cm³/mol. The van der Waals surface area contributed by atoms with E-state index in [2.05, 4.69) is 48.2 Å². The van der Waals surface area contributed by atoms with Gasteiger partial charge in [0.1, 0.15) is 5.84 Å². The van der Waals surface area contributed by atoms with Crippen molar-refractivity contribution in [3.05, 3.63) is 35.9 Å². The van der Waals surface area contributed by atoms with Crippen molar-refractivity contribution in [2.75, 3.05) is 13.1 Å². The fourth-order valence-electron chi connectivity index (χ4n) is 2.07. The van der Waals surface area contributed by atoms with Crippen LogP contribution in [0.5, 0.6) is 0 Å². The minimum atomic E-state index is 0.300. The number of hydrogen-bond donors (Lipinski definition) is 2. The van der Waals surface area contributed by atoms with Gasteiger partial charge in [0, 0.05) is 19.0 Å². The molecule has 0 aliphatic heterocycles. The van der Waals surface area contributed by atoms with Crippen LogP contribution in [-0.2, 0) is 6.42 Å². The van der Waals surface area contributed by atoms with Crippen LogP contribution in [0.1, 0.15) is 32.3 Å². The number of rotatable bonds is 8. The predicted octanol–water partition coefficient (Wildman–Crippen LogP) is 2.47. The van der Waals surface area contributed by atoms with E-state index in [-0.39, 0.29) is 0 Å². The van der Waals surface area contributed by atoms with Gasteiger partial charge in [0.05, 0.1) is 0 Å². The van der Waals surface area contributed by atoms with Crippen molar-refractivity contribution < 1.29 is 5.21 Å². The van der Waals surface area contributed by atoms with Crippen LogP contribution >= 0.6 is 0 Å². The Kier molecular flexibility index (Phi) is 6.97. The molecule has 0 aliphatic carbocycles. The van der Waals surface area contributed by atoms with Crippen molar-refractivity contribution in [1.29, 1.82) is 0 Å². The summed E-state index contributed by atoms with van der Waals surface area (Å²) in [6, 6.07) is 11.0. The standard InChI is InChI=1S/C15H25N3O/c1-13(2)18(12-10-15(16)17-19)11-6-9-14-7-4-3-5-8-14/h3-5,7-8,13,19H,6,9-12H2,1-2H3,(H2,16,17). The molecule has 1 rings (SSSR count). The molecule has 0 spiro atoms. The molecule has 106 valence electrons. The molecule has 0 heterocycles. The first-order valence-corrected chi connectivity index (χ1v) is 6.88. The summed E-state index contributed by atoms with van der Waals surface area (Å²) in [5.41, 5.74) is 6.89. The lowest BCUT2D eigenvalue weighted by atomic mass is 10.1. The number of hydrogen-bond acceptors (Lipinski definition) is 3. The van der Waals surface area contributed by atoms with Crippen LogP contribution in [0.15, 0.2) is 35.5 Å². The van der Waals surface area contributed by atoms with Crippen molar-refractivity contribution >= 4 is 5.84 Å². The highest BCUT2D eigenvalue weighted by molar-refractivity contribution is 5.79. The van der Waals surface area contributed by atoms with Gasteiger partial charge in [-0.3, -0.25) is 0 Å². The normalized spacial score (nSPS) is 12.3. The Morgan fingerprint density at radius 2 is 1.95 bits per heavy atom. The van der Waals surface area contributed by atoms with E-state index in [4.69, 9.17) is 10.9 Å². The van der Waals surface area contributed by atoms with E-state index >= 15 is 0 Å². The smallest absolute Gasteiger partial charge is 0.140 e. The van der Waals surface area contributed by atoms with Gasteiger partial charge >= 0.3 is 0 Å². The molecule has 0 atom stereocenters. The molecule has 19 heavy (non-hydrogen) atoms. The molecule has 0 saturated heterocycles. The summed E-state index contributed by atoms with van der Waals surface area (Å²) >= 11 is 0. The van der Waals surface area contributed by atoms with Gasteiger partial charge in [-0.05, 0) is 38.8 Å². The van der Waals surface area contributed by atoms with E-state index in [1.54, 1.807) is 0 Å². The van der Waals surface area contributed by atoms with E-state index in [9.17, 15) is 0 Å². The molecule has 0 aliphatic rings. The van der Waals surface area contributed by atoms with Gasteiger partial charge in [-0.25, -0.2) is 0 Å². The number of amidine groups is 1. The highest BCUT2D eigenvalue weighted by Crippen LogP contribution is 2.06. The Morgan fingerprint density at radius 3 is 2.53 bits per heavy atom. The van der Waals surface area contributed by atoms with Crippen LogP contribution < -0.4 is 5.73 Å². The van der Waals surface area contributed by atoms with Crippen LogP contribution in [0.25, 0.3) is 0 Å². The highest BCUT2D eigenvalue weighted by Gasteiger charge is 2.09. The number of nitrogens with zero attached hydrogens (tertiary/aromatic N) is 2. The molecule has 0 amide bonds. The average Bonchev–Trinajstić information content (AvgIpc) is 2.42. The molecule has 3 N–H and O–H groups in total. The monoisotopic (exact) mass is 263 g/mol. The molecule has 4 heteroatoms. The second-order valence-electron chi connectivity index (χ2n) is 5.06. The summed E-state index contributed by atoms with van der Waals surface area (Å²) in [5, 5.41) is 11.6. The fraction of sp³-hybridized carbons (Fsp3) is 0.533. The van der Waals surface area contributed by atoms with E-state index < -0.39 is 0 Å². The zero-order chi connectivity index (χ0) is 14.1. The van der Waals surface area contributed by atoms with Gasteiger partial charge in [-0.15, -0.1) is 0 Å². The van der Waals surface area contributed by atoms with Crippen LogP contribution in [0.2, 0.25) is 0 Å². The van der Waals surface area contributed by atoms with Crippen molar-refractivity contribution in [3.63, 3.8) is 0 Å². The van der Waals surface area contributed by atoms with Gasteiger partial charge in [0.25, 0.3) is 0 Å². The second kappa shape index (κ2) is 8.53. The minimum absolute atomic E-state index is 0.300. The quantitative estimate of drug-likeness (QED) is 0.328. The lowest BCUT2D eigenvalue weighted by Gasteiger charge is -2.26. The van der Waals surface area contributed by atoms with E-state index in [1.165, 1.54) is 5.56 Å². The highest BCUT2D eigenvalue weighted by atomic mass is 16.4. The van der Waals surface area contributed by atoms with Gasteiger partial charge in [-0.1, -0.05) is 35.5 Å². The number of aryl methyl sites for hydroxylation is 1. The second-order valence-corrected chi connectivity index (χ2v) is 5.06. The summed E-state index contributed by atoms with van der Waals surface area (Å²) in [4.78, 5) is 2.36. The summed E-state index contributed by atoms with van der Waals surface area (Å²) in [6.45, 7) is 6.22. The first-order chi connectivity index (χ1) is 9.13. The van der Waals surface area contributed by atoms with Crippen molar-refractivity contribution in [2.45, 2.75) is 39.2 Å². The van der Waals surface area contributed by atoms with Crippen LogP contribution in [0.4, 0.5) is 0 Å². The molecule has 0 fully saturated rings. The Morgan fingerprint density at radius 1 is 1.26 bits per heavy atom. The van der Waals surface area contributed by atoms with Gasteiger partial charge in [-0.2, -0.15) is 0 Å². The summed E-state index contributed by atoms with van der Waals surface area (Å²) in [6.07, 6.45) is 2.83. The van der Waals surface area contributed by atoms with Crippen molar-refractivity contribution in [3.8, 4) is 0 Å². The summed E-state index contributed by atoms with van der Waals surface area (Å²) in [5.74, 6) is 0.300. The molecular formula is C15H25N3O. The zero-order valence-corrected chi connectivity index (χ0v) is 11.9. The van der Waals surface area contributed by atoms with E-state index in [0.717, 1.165) is 25.9 Å². The summed E-state index contributed by atoms with van der Waals surface area (Å²) < 4.78 is 0. The van der Waals surface area contributed by atoms with Gasteiger partial charge < -0.3 is 15.8 Å². The number of oxime groups is 1. The Balaban J connectivity index is 2.33. The number of nitrogens with two attached hydrogens (primary N) is 1. The fourth-order valence-corrected chi connectivity index (χ4v) is 2.07. The SMILES string of the molecule is CC(C)N(CCCc1ccccc1)CCC(N)=NO. The zero-order valence-electron chi connectivity index (χ0n) is 11.9. The largest absolute Gasteiger partial charge is 0.409 e. The molecule has 0 bridgehead atoms. The molecule has 4 nitrogen and oxygen atoms in total. The Hall–Kier alpha value is -1.55. The summed E-state index contributed by atoms with van der Waals surface area (Å²) in [7, 11) is 0. The van der Waals surface area contributed by atoms with Gasteiger partial charge in [0.2, 0.25) is 0 Å². The third-order valence-electron chi connectivity index (χ3n) is 3.27. The third kappa shape index (κ3) is 6.25. The lowest BCUT2D eigenvalue weighted by molar-refractivity contribution is 0.224. The van der Waals surface area contributed by atoms with Crippen LogP contribution in [-0.4, -0.2) is 35.1 Å². The maximum absolute atomic E-state index is 8.56. The Bertz CT molecular complexity index is 376. The first-order valence-electron chi connectivity index (χ1n) is 6.88. The van der Waals surface area contributed by atoms with E-state index in [1.807, 2.05) is 6.07 Å². The topological polar surface area (TPSA) is 61.8 Å². The average molecular weight is 263 g/mol. The van der Waals surface area contributed by atoms with Crippen molar-refractivity contribution in [1.82, 2.24) is 4.90 Å².